The summed E-state index contributed by atoms with van der Waals surface area (Å²) in [7, 11) is 1.64. The zero-order valence-electron chi connectivity index (χ0n) is 16.2. The van der Waals surface area contributed by atoms with Gasteiger partial charge in [0, 0.05) is 25.0 Å². The highest BCUT2D eigenvalue weighted by atomic mass is 19.1. The fourth-order valence-electron chi connectivity index (χ4n) is 2.70. The molecule has 0 bridgehead atoms. The minimum absolute atomic E-state index is 0.0257. The number of ether oxygens (including phenoxy) is 3. The molecule has 0 N–H and O–H groups in total. The van der Waals surface area contributed by atoms with Crippen molar-refractivity contribution in [3.8, 4) is 11.8 Å². The fraction of sp³-hybridized carbons (Fsp3) is 0.333. The highest BCUT2D eigenvalue weighted by Gasteiger charge is 2.14. The van der Waals surface area contributed by atoms with E-state index in [1.165, 1.54) is 30.3 Å². The molecule has 2 aromatic rings. The second-order valence-electron chi connectivity index (χ2n) is 6.08. The van der Waals surface area contributed by atoms with Gasteiger partial charge < -0.3 is 18.8 Å². The molecule has 0 unspecified atom stereocenters. The molecule has 0 aliphatic carbocycles. The normalized spacial score (nSPS) is 11.2. The first-order valence-electron chi connectivity index (χ1n) is 8.79. The second kappa shape index (κ2) is 10.3. The molecular weight excluding hydrogens is 363 g/mol. The Bertz CT molecular complexity index is 879. The average Bonchev–Trinajstić information content (AvgIpc) is 2.95. The lowest BCUT2D eigenvalue weighted by Crippen LogP contribution is -2.13. The van der Waals surface area contributed by atoms with Crippen LogP contribution in [-0.2, 0) is 20.8 Å². The van der Waals surface area contributed by atoms with E-state index in [1.807, 2.05) is 26.0 Å². The van der Waals surface area contributed by atoms with Gasteiger partial charge in [0.05, 0.1) is 6.61 Å². The lowest BCUT2D eigenvalue weighted by atomic mass is 10.1. The number of esters is 1. The average molecular weight is 386 g/mol. The Labute approximate surface area is 163 Å². The number of aryl methyl sites for hydroxylation is 1. The van der Waals surface area contributed by atoms with Gasteiger partial charge in [-0.25, -0.2) is 9.18 Å². The van der Waals surface area contributed by atoms with Gasteiger partial charge in [0.2, 0.25) is 0 Å². The van der Waals surface area contributed by atoms with Crippen molar-refractivity contribution in [1.29, 1.82) is 5.26 Å². The summed E-state index contributed by atoms with van der Waals surface area (Å²) in [6, 6.07) is 9.32. The van der Waals surface area contributed by atoms with Crippen molar-refractivity contribution in [2.45, 2.75) is 20.4 Å². The van der Waals surface area contributed by atoms with E-state index >= 15 is 0 Å². The van der Waals surface area contributed by atoms with Crippen molar-refractivity contribution >= 4 is 12.0 Å². The van der Waals surface area contributed by atoms with Crippen molar-refractivity contribution in [3.05, 3.63) is 58.7 Å². The van der Waals surface area contributed by atoms with Gasteiger partial charge >= 0.3 is 5.97 Å². The van der Waals surface area contributed by atoms with E-state index in [1.54, 1.807) is 7.11 Å². The SMILES string of the molecule is COCCn1c(C)cc(/C=C(\C#N)C(=O)OCCOc2ccc(F)cc2)c1C. The van der Waals surface area contributed by atoms with E-state index in [0.29, 0.717) is 18.9 Å². The molecule has 2 rings (SSSR count). The van der Waals surface area contributed by atoms with E-state index in [2.05, 4.69) is 4.57 Å². The van der Waals surface area contributed by atoms with Gasteiger partial charge in [0.15, 0.2) is 0 Å². The van der Waals surface area contributed by atoms with Crippen LogP contribution in [0.4, 0.5) is 4.39 Å². The number of nitrogens with zero attached hydrogens (tertiary/aromatic N) is 2. The number of nitriles is 1. The van der Waals surface area contributed by atoms with Crippen LogP contribution < -0.4 is 4.74 Å². The summed E-state index contributed by atoms with van der Waals surface area (Å²) in [5.41, 5.74) is 2.65. The number of hydrogen-bond donors (Lipinski definition) is 0. The second-order valence-corrected chi connectivity index (χ2v) is 6.08. The van der Waals surface area contributed by atoms with Crippen LogP contribution in [0.15, 0.2) is 35.9 Å². The minimum atomic E-state index is -0.716. The van der Waals surface area contributed by atoms with Gasteiger partial charge in [-0.05, 0) is 55.8 Å². The Balaban J connectivity index is 1.95. The first kappa shape index (κ1) is 21.2. The van der Waals surface area contributed by atoms with E-state index in [9.17, 15) is 14.4 Å². The van der Waals surface area contributed by atoms with E-state index < -0.39 is 5.97 Å². The lowest BCUT2D eigenvalue weighted by molar-refractivity contribution is -0.139. The highest BCUT2D eigenvalue weighted by molar-refractivity contribution is 5.98. The summed E-state index contributed by atoms with van der Waals surface area (Å²) in [4.78, 5) is 12.2. The van der Waals surface area contributed by atoms with Crippen LogP contribution in [0.5, 0.6) is 5.75 Å². The first-order chi connectivity index (χ1) is 13.5. The predicted octanol–water partition coefficient (Wildman–Crippen LogP) is 3.42. The number of carbonyl (C=O) groups excluding carboxylic acids is 1. The number of rotatable bonds is 9. The number of hydrogen-bond acceptors (Lipinski definition) is 5. The van der Waals surface area contributed by atoms with Gasteiger partial charge in [0.1, 0.15) is 36.4 Å². The Hall–Kier alpha value is -3.11. The molecule has 0 atom stereocenters. The number of methoxy groups -OCH3 is 1. The van der Waals surface area contributed by atoms with Crippen molar-refractivity contribution in [2.75, 3.05) is 26.9 Å². The molecule has 28 heavy (non-hydrogen) atoms. The summed E-state index contributed by atoms with van der Waals surface area (Å²) in [5.74, 6) is -0.604. The van der Waals surface area contributed by atoms with Gasteiger partial charge in [-0.2, -0.15) is 5.26 Å². The molecule has 0 aliphatic rings. The third kappa shape index (κ3) is 5.69. The zero-order valence-corrected chi connectivity index (χ0v) is 16.2. The maximum atomic E-state index is 12.8. The molecule has 7 heteroatoms. The van der Waals surface area contributed by atoms with Crippen LogP contribution in [-0.4, -0.2) is 37.5 Å². The Morgan fingerprint density at radius 1 is 1.21 bits per heavy atom. The van der Waals surface area contributed by atoms with Crippen molar-refractivity contribution in [2.24, 2.45) is 0 Å². The van der Waals surface area contributed by atoms with Crippen LogP contribution >= 0.6 is 0 Å². The Morgan fingerprint density at radius 2 is 1.93 bits per heavy atom. The third-order valence-corrected chi connectivity index (χ3v) is 4.17. The van der Waals surface area contributed by atoms with Crippen LogP contribution in [0.3, 0.4) is 0 Å². The molecule has 148 valence electrons. The fourth-order valence-corrected chi connectivity index (χ4v) is 2.70. The summed E-state index contributed by atoms with van der Waals surface area (Å²) in [5, 5.41) is 9.31. The van der Waals surface area contributed by atoms with Gasteiger partial charge in [-0.15, -0.1) is 0 Å². The predicted molar refractivity (Wildman–Crippen MR) is 102 cm³/mol. The maximum Gasteiger partial charge on any atom is 0.349 e. The first-order valence-corrected chi connectivity index (χ1v) is 8.79. The number of carbonyl (C=O) groups is 1. The number of aromatic nitrogens is 1. The van der Waals surface area contributed by atoms with Crippen LogP contribution in [0.1, 0.15) is 17.0 Å². The van der Waals surface area contributed by atoms with E-state index in [4.69, 9.17) is 14.2 Å². The van der Waals surface area contributed by atoms with Crippen LogP contribution in [0, 0.1) is 31.0 Å². The standard InChI is InChI=1S/C21H23FN2O4/c1-15-12-17(16(2)24(15)8-9-26-3)13-18(14-23)21(25)28-11-10-27-20-6-4-19(22)5-7-20/h4-7,12-13H,8-11H2,1-3H3/b18-13+. The van der Waals surface area contributed by atoms with Crippen molar-refractivity contribution < 1.29 is 23.4 Å². The zero-order chi connectivity index (χ0) is 20.5. The topological polar surface area (TPSA) is 73.5 Å². The van der Waals surface area contributed by atoms with Crippen molar-refractivity contribution in [1.82, 2.24) is 4.57 Å². The Kier molecular flexibility index (Phi) is 7.78. The quantitative estimate of drug-likeness (QED) is 0.286. The maximum absolute atomic E-state index is 12.8. The summed E-state index contributed by atoms with van der Waals surface area (Å²) < 4.78 is 30.5. The van der Waals surface area contributed by atoms with Gasteiger partial charge in [0.25, 0.3) is 0 Å². The van der Waals surface area contributed by atoms with Gasteiger partial charge in [-0.1, -0.05) is 0 Å². The molecule has 0 amide bonds. The monoisotopic (exact) mass is 386 g/mol. The molecule has 0 saturated carbocycles. The lowest BCUT2D eigenvalue weighted by Gasteiger charge is -2.08. The molecule has 0 radical (unpaired) electrons. The highest BCUT2D eigenvalue weighted by Crippen LogP contribution is 2.19. The molecule has 1 aromatic carbocycles. The molecule has 0 saturated heterocycles. The minimum Gasteiger partial charge on any atom is -0.490 e. The summed E-state index contributed by atoms with van der Waals surface area (Å²) >= 11 is 0. The number of halogens is 1. The molecular formula is C21H23FN2O4. The van der Waals surface area contributed by atoms with Crippen LogP contribution in [0.2, 0.25) is 0 Å². The van der Waals surface area contributed by atoms with Gasteiger partial charge in [-0.3, -0.25) is 0 Å². The summed E-state index contributed by atoms with van der Waals surface area (Å²) in [6.45, 7) is 5.21. The number of benzene rings is 1. The van der Waals surface area contributed by atoms with E-state index in [-0.39, 0.29) is 24.6 Å². The smallest absolute Gasteiger partial charge is 0.349 e. The third-order valence-electron chi connectivity index (χ3n) is 4.17. The van der Waals surface area contributed by atoms with Crippen molar-refractivity contribution in [3.63, 3.8) is 0 Å². The molecule has 1 heterocycles. The summed E-state index contributed by atoms with van der Waals surface area (Å²) in [6.07, 6.45) is 1.52. The molecule has 0 fully saturated rings. The Morgan fingerprint density at radius 3 is 2.57 bits per heavy atom. The molecule has 0 aliphatic heterocycles. The molecule has 6 nitrogen and oxygen atoms in total. The van der Waals surface area contributed by atoms with Crippen LogP contribution in [0.25, 0.3) is 6.08 Å². The largest absolute Gasteiger partial charge is 0.490 e. The molecule has 1 aromatic heterocycles. The van der Waals surface area contributed by atoms with E-state index in [0.717, 1.165) is 17.0 Å². The molecule has 0 spiro atoms.